The highest BCUT2D eigenvalue weighted by molar-refractivity contribution is 7.20. The molecule has 2 heterocycles. The maximum Gasteiger partial charge on any atom is 0.348 e. The second-order valence-corrected chi connectivity index (χ2v) is 7.88. The molecule has 8 nitrogen and oxygen atoms in total. The fourth-order valence-corrected chi connectivity index (χ4v) is 4.45. The van der Waals surface area contributed by atoms with Crippen LogP contribution in [0.25, 0.3) is 10.2 Å². The summed E-state index contributed by atoms with van der Waals surface area (Å²) in [6.45, 7) is 2.22. The zero-order valence-electron chi connectivity index (χ0n) is 16.6. The summed E-state index contributed by atoms with van der Waals surface area (Å²) in [6, 6.07) is 7.40. The zero-order valence-corrected chi connectivity index (χ0v) is 18.1. The normalized spacial score (nSPS) is 12.0. The molecule has 30 heavy (non-hydrogen) atoms. The number of halogens is 1. The van der Waals surface area contributed by atoms with Gasteiger partial charge < -0.3 is 19.8 Å². The molecule has 0 spiro atoms. The van der Waals surface area contributed by atoms with E-state index in [1.165, 1.54) is 14.2 Å². The van der Waals surface area contributed by atoms with Crippen LogP contribution in [0.3, 0.4) is 0 Å². The van der Waals surface area contributed by atoms with Gasteiger partial charge in [0.15, 0.2) is 0 Å². The molecule has 2 N–H and O–H groups in total. The van der Waals surface area contributed by atoms with Crippen molar-refractivity contribution in [2.24, 2.45) is 0 Å². The minimum absolute atomic E-state index is 0.0800. The van der Waals surface area contributed by atoms with Gasteiger partial charge in [0.05, 0.1) is 32.6 Å². The Morgan fingerprint density at radius 1 is 1.27 bits per heavy atom. The first-order valence-corrected chi connectivity index (χ1v) is 10.2. The first-order chi connectivity index (χ1) is 14.3. The molecule has 0 aliphatic rings. The summed E-state index contributed by atoms with van der Waals surface area (Å²) in [5.74, 6) is -0.810. The largest absolute Gasteiger partial charge is 0.469 e. The van der Waals surface area contributed by atoms with E-state index in [2.05, 4.69) is 20.0 Å². The molecule has 3 rings (SSSR count). The van der Waals surface area contributed by atoms with Gasteiger partial charge in [-0.2, -0.15) is 0 Å². The van der Waals surface area contributed by atoms with Crippen molar-refractivity contribution in [2.45, 2.75) is 25.9 Å². The number of H-pyrrole nitrogens is 1. The molecule has 0 saturated carbocycles. The van der Waals surface area contributed by atoms with E-state index in [1.807, 2.05) is 31.2 Å². The first kappa shape index (κ1) is 21.9. The van der Waals surface area contributed by atoms with Crippen molar-refractivity contribution in [3.8, 4) is 0 Å². The maximum absolute atomic E-state index is 12.7. The number of nitrogens with one attached hydrogen (secondary N) is 2. The molecule has 3 aromatic rings. The average molecular weight is 450 g/mol. The number of carbonyl (C=O) groups excluding carboxylic acids is 2. The SMILES string of the molecule is COC(=O)Cc1c(C(=O)OC)sc2nc(CN[C@H](C)c3ccccc3Cl)[nH]c(=O)c12. The van der Waals surface area contributed by atoms with Crippen molar-refractivity contribution in [2.75, 3.05) is 14.2 Å². The predicted octanol–water partition coefficient (Wildman–Crippen LogP) is 2.99. The van der Waals surface area contributed by atoms with Crippen molar-refractivity contribution in [3.05, 3.63) is 61.5 Å². The van der Waals surface area contributed by atoms with Gasteiger partial charge in [0.2, 0.25) is 0 Å². The van der Waals surface area contributed by atoms with Gasteiger partial charge in [0, 0.05) is 16.6 Å². The lowest BCUT2D eigenvalue weighted by atomic mass is 10.1. The van der Waals surface area contributed by atoms with Gasteiger partial charge in [0.25, 0.3) is 5.56 Å². The fourth-order valence-electron chi connectivity index (χ4n) is 3.02. The number of hydrogen-bond acceptors (Lipinski definition) is 8. The smallest absolute Gasteiger partial charge is 0.348 e. The molecule has 1 aromatic carbocycles. The van der Waals surface area contributed by atoms with E-state index in [4.69, 9.17) is 16.3 Å². The number of esters is 2. The van der Waals surface area contributed by atoms with Crippen LogP contribution in [0.15, 0.2) is 29.1 Å². The van der Waals surface area contributed by atoms with Crippen LogP contribution < -0.4 is 10.9 Å². The number of thiophene rings is 1. The van der Waals surface area contributed by atoms with E-state index >= 15 is 0 Å². The molecule has 1 atom stereocenters. The van der Waals surface area contributed by atoms with Gasteiger partial charge >= 0.3 is 11.9 Å². The van der Waals surface area contributed by atoms with Crippen LogP contribution in [0, 0.1) is 0 Å². The molecular formula is C20H20ClN3O5S. The number of ether oxygens (including phenoxy) is 2. The number of methoxy groups -OCH3 is 2. The molecule has 2 aromatic heterocycles. The Morgan fingerprint density at radius 2 is 2.00 bits per heavy atom. The summed E-state index contributed by atoms with van der Waals surface area (Å²) in [5.41, 5.74) is 0.742. The van der Waals surface area contributed by atoms with Crippen molar-refractivity contribution in [1.29, 1.82) is 0 Å². The number of rotatable bonds is 7. The lowest BCUT2D eigenvalue weighted by Crippen LogP contribution is -2.22. The van der Waals surface area contributed by atoms with Crippen molar-refractivity contribution >= 4 is 45.1 Å². The summed E-state index contributed by atoms with van der Waals surface area (Å²) < 4.78 is 9.47. The molecule has 10 heteroatoms. The van der Waals surface area contributed by atoms with Crippen LogP contribution in [0.1, 0.15) is 39.6 Å². The third-order valence-corrected chi connectivity index (χ3v) is 6.03. The first-order valence-electron chi connectivity index (χ1n) is 9.03. The Kier molecular flexibility index (Phi) is 6.86. The van der Waals surface area contributed by atoms with Crippen LogP contribution in [0.4, 0.5) is 0 Å². The van der Waals surface area contributed by atoms with Gasteiger partial charge in [-0.05, 0) is 18.6 Å². The molecular weight excluding hydrogens is 430 g/mol. The zero-order chi connectivity index (χ0) is 21.8. The van der Waals surface area contributed by atoms with E-state index in [0.717, 1.165) is 16.9 Å². The minimum atomic E-state index is -0.636. The van der Waals surface area contributed by atoms with Crippen molar-refractivity contribution < 1.29 is 19.1 Å². The number of fused-ring (bicyclic) bond motifs is 1. The number of benzene rings is 1. The van der Waals surface area contributed by atoms with Crippen LogP contribution in [-0.2, 0) is 27.2 Å². The second kappa shape index (κ2) is 9.38. The van der Waals surface area contributed by atoms with E-state index in [0.29, 0.717) is 15.7 Å². The van der Waals surface area contributed by atoms with Crippen LogP contribution in [0.5, 0.6) is 0 Å². The van der Waals surface area contributed by atoms with Crippen LogP contribution in [-0.4, -0.2) is 36.1 Å². The summed E-state index contributed by atoms with van der Waals surface area (Å²) in [6.07, 6.45) is -0.229. The molecule has 0 bridgehead atoms. The van der Waals surface area contributed by atoms with Crippen molar-refractivity contribution in [1.82, 2.24) is 15.3 Å². The topological polar surface area (TPSA) is 110 Å². The van der Waals surface area contributed by atoms with Gasteiger partial charge in [-0.25, -0.2) is 9.78 Å². The average Bonchev–Trinajstić information content (AvgIpc) is 3.10. The summed E-state index contributed by atoms with van der Waals surface area (Å²) in [5, 5.41) is 4.10. The van der Waals surface area contributed by atoms with E-state index in [1.54, 1.807) is 0 Å². The van der Waals surface area contributed by atoms with E-state index in [9.17, 15) is 14.4 Å². The molecule has 0 amide bonds. The Labute approximate surface area is 181 Å². The van der Waals surface area contributed by atoms with Crippen LogP contribution >= 0.6 is 22.9 Å². The number of nitrogens with zero attached hydrogens (tertiary/aromatic N) is 1. The highest BCUT2D eigenvalue weighted by Crippen LogP contribution is 2.29. The highest BCUT2D eigenvalue weighted by Gasteiger charge is 2.24. The maximum atomic E-state index is 12.7. The quantitative estimate of drug-likeness (QED) is 0.533. The van der Waals surface area contributed by atoms with Gasteiger partial charge in [-0.3, -0.25) is 9.59 Å². The molecule has 0 radical (unpaired) electrons. The monoisotopic (exact) mass is 449 g/mol. The molecule has 0 fully saturated rings. The Balaban J connectivity index is 1.93. The van der Waals surface area contributed by atoms with E-state index < -0.39 is 17.5 Å². The Morgan fingerprint density at radius 3 is 2.67 bits per heavy atom. The molecule has 158 valence electrons. The molecule has 0 unspecified atom stereocenters. The highest BCUT2D eigenvalue weighted by atomic mass is 35.5. The Bertz CT molecular complexity index is 1160. The number of carbonyl (C=O) groups is 2. The number of aromatic nitrogens is 2. The molecule has 0 aliphatic carbocycles. The standard InChI is InChI=1S/C20H20ClN3O5S/c1-10(11-6-4-5-7-13(11)21)22-9-14-23-18(26)16-12(8-15(25)28-2)17(20(27)29-3)30-19(16)24-14/h4-7,10,22H,8-9H2,1-3H3,(H,23,24,26)/t10-/m1/s1. The number of hydrogen-bond donors (Lipinski definition) is 2. The second-order valence-electron chi connectivity index (χ2n) is 6.47. The van der Waals surface area contributed by atoms with Crippen molar-refractivity contribution in [3.63, 3.8) is 0 Å². The summed E-state index contributed by atoms with van der Waals surface area (Å²) in [4.78, 5) is 44.3. The third kappa shape index (κ3) is 4.53. The fraction of sp³-hybridized carbons (Fsp3) is 0.300. The third-order valence-electron chi connectivity index (χ3n) is 4.58. The number of aromatic amines is 1. The lowest BCUT2D eigenvalue weighted by Gasteiger charge is -2.15. The summed E-state index contributed by atoms with van der Waals surface area (Å²) in [7, 11) is 2.47. The predicted molar refractivity (Wildman–Crippen MR) is 114 cm³/mol. The van der Waals surface area contributed by atoms with Gasteiger partial charge in [-0.1, -0.05) is 29.8 Å². The lowest BCUT2D eigenvalue weighted by molar-refractivity contribution is -0.139. The minimum Gasteiger partial charge on any atom is -0.469 e. The Hall–Kier alpha value is -2.75. The van der Waals surface area contributed by atoms with Gasteiger partial charge in [-0.15, -0.1) is 11.3 Å². The summed E-state index contributed by atoms with van der Waals surface area (Å²) >= 11 is 7.24. The van der Waals surface area contributed by atoms with Crippen LogP contribution in [0.2, 0.25) is 5.02 Å². The molecule has 0 saturated heterocycles. The van der Waals surface area contributed by atoms with E-state index in [-0.39, 0.29) is 34.8 Å². The van der Waals surface area contributed by atoms with Gasteiger partial charge in [0.1, 0.15) is 15.5 Å². The molecule has 0 aliphatic heterocycles.